The fraction of sp³-hybridized carbons (Fsp3) is 0. The second-order valence-corrected chi connectivity index (χ2v) is 5.20. The van der Waals surface area contributed by atoms with Crippen LogP contribution in [0.3, 0.4) is 0 Å². The zero-order valence-electron chi connectivity index (χ0n) is 10.1. The molecule has 0 atom stereocenters. The summed E-state index contributed by atoms with van der Waals surface area (Å²) in [6.45, 7) is 0. The van der Waals surface area contributed by atoms with Gasteiger partial charge in [-0.15, -0.1) is 11.3 Å². The Morgan fingerprint density at radius 3 is 2.84 bits per heavy atom. The fourth-order valence-corrected chi connectivity index (χ4v) is 2.70. The molecule has 0 spiro atoms. The summed E-state index contributed by atoms with van der Waals surface area (Å²) in [5.74, 6) is -0.151. The lowest BCUT2D eigenvalue weighted by atomic mass is 10.2. The molecule has 3 N–H and O–H groups in total. The Morgan fingerprint density at radius 2 is 2.00 bits per heavy atom. The number of hydrogen-bond donors (Lipinski definition) is 2. The first-order valence-corrected chi connectivity index (χ1v) is 6.74. The van der Waals surface area contributed by atoms with Crippen LogP contribution in [0.1, 0.15) is 10.4 Å². The van der Waals surface area contributed by atoms with Gasteiger partial charge in [-0.3, -0.25) is 4.79 Å². The van der Waals surface area contributed by atoms with Crippen LogP contribution in [0.2, 0.25) is 0 Å². The molecule has 0 radical (unpaired) electrons. The molecule has 0 saturated carbocycles. The van der Waals surface area contributed by atoms with Crippen molar-refractivity contribution in [3.63, 3.8) is 0 Å². The summed E-state index contributed by atoms with van der Waals surface area (Å²) in [6, 6.07) is 14.9. The Morgan fingerprint density at radius 1 is 1.11 bits per heavy atom. The summed E-state index contributed by atoms with van der Waals surface area (Å²) in [5.41, 5.74) is 7.61. The number of thiophene rings is 1. The number of hydrogen-bond acceptors (Lipinski definition) is 3. The molecule has 0 aliphatic rings. The normalized spacial score (nSPS) is 10.5. The minimum atomic E-state index is -0.151. The van der Waals surface area contributed by atoms with E-state index < -0.39 is 0 Å². The molecule has 4 heteroatoms. The highest BCUT2D eigenvalue weighted by atomic mass is 32.1. The van der Waals surface area contributed by atoms with Gasteiger partial charge in [0.2, 0.25) is 0 Å². The molecular weight excluding hydrogens is 256 g/mol. The second-order valence-electron chi connectivity index (χ2n) is 4.25. The van der Waals surface area contributed by atoms with Crippen molar-refractivity contribution in [1.82, 2.24) is 0 Å². The molecule has 0 aliphatic heterocycles. The van der Waals surface area contributed by atoms with E-state index in [4.69, 9.17) is 5.73 Å². The van der Waals surface area contributed by atoms with Crippen LogP contribution in [0.4, 0.5) is 11.4 Å². The van der Waals surface area contributed by atoms with E-state index in [1.807, 2.05) is 29.6 Å². The van der Waals surface area contributed by atoms with Crippen LogP contribution in [0, 0.1) is 0 Å². The van der Waals surface area contributed by atoms with Gasteiger partial charge in [0.1, 0.15) is 0 Å². The topological polar surface area (TPSA) is 55.1 Å². The number of nitrogen functional groups attached to an aromatic ring is 1. The van der Waals surface area contributed by atoms with Crippen molar-refractivity contribution in [2.24, 2.45) is 0 Å². The van der Waals surface area contributed by atoms with Gasteiger partial charge < -0.3 is 11.1 Å². The van der Waals surface area contributed by atoms with Crippen molar-refractivity contribution >= 4 is 38.7 Å². The minimum Gasteiger partial charge on any atom is -0.399 e. The van der Waals surface area contributed by atoms with Crippen LogP contribution in [0.25, 0.3) is 10.1 Å². The predicted octanol–water partition coefficient (Wildman–Crippen LogP) is 3.74. The lowest BCUT2D eigenvalue weighted by Gasteiger charge is -2.06. The van der Waals surface area contributed by atoms with Crippen molar-refractivity contribution in [3.05, 3.63) is 59.5 Å². The van der Waals surface area contributed by atoms with Gasteiger partial charge in [-0.05, 0) is 53.2 Å². The average Bonchev–Trinajstić information content (AvgIpc) is 2.86. The third kappa shape index (κ3) is 2.44. The predicted molar refractivity (Wildman–Crippen MR) is 80.6 cm³/mol. The van der Waals surface area contributed by atoms with Gasteiger partial charge in [-0.25, -0.2) is 0 Å². The molecule has 94 valence electrons. The molecule has 0 bridgehead atoms. The molecule has 1 amide bonds. The zero-order valence-corrected chi connectivity index (χ0v) is 10.9. The minimum absolute atomic E-state index is 0.151. The molecule has 3 aromatic rings. The van der Waals surface area contributed by atoms with Crippen LogP contribution in [0.5, 0.6) is 0 Å². The molecule has 3 rings (SSSR count). The Balaban J connectivity index is 1.86. The lowest BCUT2D eigenvalue weighted by Crippen LogP contribution is -2.11. The van der Waals surface area contributed by atoms with E-state index in [1.165, 1.54) is 4.70 Å². The van der Waals surface area contributed by atoms with E-state index in [-0.39, 0.29) is 5.91 Å². The molecule has 1 aromatic heterocycles. The number of benzene rings is 2. The molecule has 0 saturated heterocycles. The van der Waals surface area contributed by atoms with Gasteiger partial charge in [0.15, 0.2) is 0 Å². The quantitative estimate of drug-likeness (QED) is 0.696. The summed E-state index contributed by atoms with van der Waals surface area (Å²) < 4.78 is 1.21. The first-order valence-electron chi connectivity index (χ1n) is 5.86. The van der Waals surface area contributed by atoms with Gasteiger partial charge in [0.25, 0.3) is 5.91 Å². The third-order valence-electron chi connectivity index (χ3n) is 2.86. The first-order chi connectivity index (χ1) is 9.22. The summed E-state index contributed by atoms with van der Waals surface area (Å²) >= 11 is 1.68. The highest BCUT2D eigenvalue weighted by molar-refractivity contribution is 7.17. The monoisotopic (exact) mass is 268 g/mol. The highest BCUT2D eigenvalue weighted by Gasteiger charge is 2.06. The second kappa shape index (κ2) is 4.74. The maximum Gasteiger partial charge on any atom is 0.255 e. The van der Waals surface area contributed by atoms with Crippen LogP contribution in [-0.2, 0) is 0 Å². The molecule has 0 fully saturated rings. The van der Waals surface area contributed by atoms with Gasteiger partial charge >= 0.3 is 0 Å². The smallest absolute Gasteiger partial charge is 0.255 e. The number of rotatable bonds is 2. The van der Waals surface area contributed by atoms with Crippen molar-refractivity contribution < 1.29 is 4.79 Å². The van der Waals surface area contributed by atoms with E-state index in [1.54, 1.807) is 35.6 Å². The van der Waals surface area contributed by atoms with Gasteiger partial charge in [-0.2, -0.15) is 0 Å². The summed E-state index contributed by atoms with van der Waals surface area (Å²) in [6.07, 6.45) is 0. The van der Waals surface area contributed by atoms with Gasteiger partial charge in [0, 0.05) is 21.6 Å². The summed E-state index contributed by atoms with van der Waals surface area (Å²) in [4.78, 5) is 12.1. The number of fused-ring (bicyclic) bond motifs is 1. The zero-order chi connectivity index (χ0) is 13.2. The molecule has 0 unspecified atom stereocenters. The SMILES string of the molecule is Nc1cccc(C(=O)Nc2ccc3sccc3c2)c1. The van der Waals surface area contributed by atoms with E-state index in [2.05, 4.69) is 5.32 Å². The Hall–Kier alpha value is -2.33. The van der Waals surface area contributed by atoms with Gasteiger partial charge in [-0.1, -0.05) is 6.07 Å². The number of amides is 1. The van der Waals surface area contributed by atoms with Crippen LogP contribution in [-0.4, -0.2) is 5.91 Å². The van der Waals surface area contributed by atoms with Crippen LogP contribution in [0.15, 0.2) is 53.9 Å². The lowest BCUT2D eigenvalue weighted by molar-refractivity contribution is 0.102. The molecule has 19 heavy (non-hydrogen) atoms. The van der Waals surface area contributed by atoms with Crippen molar-refractivity contribution in [3.8, 4) is 0 Å². The van der Waals surface area contributed by atoms with Crippen LogP contribution >= 0.6 is 11.3 Å². The molecular formula is C15H12N2OS. The third-order valence-corrected chi connectivity index (χ3v) is 3.76. The van der Waals surface area contributed by atoms with Gasteiger partial charge in [0.05, 0.1) is 0 Å². The van der Waals surface area contributed by atoms with E-state index >= 15 is 0 Å². The number of nitrogens with two attached hydrogens (primary N) is 1. The highest BCUT2D eigenvalue weighted by Crippen LogP contribution is 2.24. The Labute approximate surface area is 114 Å². The molecule has 1 heterocycles. The molecule has 0 aliphatic carbocycles. The summed E-state index contributed by atoms with van der Waals surface area (Å²) in [7, 11) is 0. The Kier molecular flexibility index (Phi) is 2.93. The van der Waals surface area contributed by atoms with E-state index in [0.717, 1.165) is 11.1 Å². The first kappa shape index (κ1) is 11.7. The number of anilines is 2. The number of carbonyl (C=O) groups is 1. The number of carbonyl (C=O) groups excluding carboxylic acids is 1. The standard InChI is InChI=1S/C15H12N2OS/c16-12-3-1-2-11(8-12)15(18)17-13-4-5-14-10(9-13)6-7-19-14/h1-9H,16H2,(H,17,18). The van der Waals surface area contributed by atoms with Crippen molar-refractivity contribution in [2.75, 3.05) is 11.1 Å². The Bertz CT molecular complexity index is 748. The largest absolute Gasteiger partial charge is 0.399 e. The van der Waals surface area contributed by atoms with Crippen molar-refractivity contribution in [1.29, 1.82) is 0 Å². The molecule has 2 aromatic carbocycles. The number of nitrogens with one attached hydrogen (secondary N) is 1. The maximum absolute atomic E-state index is 12.1. The van der Waals surface area contributed by atoms with Crippen LogP contribution < -0.4 is 11.1 Å². The maximum atomic E-state index is 12.1. The summed E-state index contributed by atoms with van der Waals surface area (Å²) in [5, 5.41) is 6.05. The fourth-order valence-electron chi connectivity index (χ4n) is 1.93. The molecule has 3 nitrogen and oxygen atoms in total. The van der Waals surface area contributed by atoms with E-state index in [9.17, 15) is 4.79 Å². The average molecular weight is 268 g/mol. The van der Waals surface area contributed by atoms with Crippen molar-refractivity contribution in [2.45, 2.75) is 0 Å². The van der Waals surface area contributed by atoms with E-state index in [0.29, 0.717) is 11.3 Å².